The third-order valence-electron chi connectivity index (χ3n) is 2.19. The quantitative estimate of drug-likeness (QED) is 0.481. The SMILES string of the molecule is CC(C)(CCO)Nc1cc([N+](=O)[O-])cc(Cl)n1. The lowest BCUT2D eigenvalue weighted by Crippen LogP contribution is -2.32. The number of aliphatic hydroxyl groups is 1. The summed E-state index contributed by atoms with van der Waals surface area (Å²) in [4.78, 5) is 14.1. The molecule has 0 bridgehead atoms. The number of nitrogens with one attached hydrogen (secondary N) is 1. The molecule has 0 aliphatic rings. The van der Waals surface area contributed by atoms with Gasteiger partial charge >= 0.3 is 0 Å². The molecule has 1 aromatic rings. The lowest BCUT2D eigenvalue weighted by atomic mass is 10.0. The van der Waals surface area contributed by atoms with E-state index in [1.165, 1.54) is 12.1 Å². The van der Waals surface area contributed by atoms with Crippen LogP contribution in [-0.2, 0) is 0 Å². The molecule has 0 aliphatic carbocycles. The minimum Gasteiger partial charge on any atom is -0.396 e. The molecule has 0 saturated heterocycles. The van der Waals surface area contributed by atoms with Gasteiger partial charge in [-0.15, -0.1) is 0 Å². The maximum atomic E-state index is 10.6. The van der Waals surface area contributed by atoms with Crippen molar-refractivity contribution < 1.29 is 10.0 Å². The third kappa shape index (κ3) is 4.16. The number of hydrogen-bond donors (Lipinski definition) is 2. The Morgan fingerprint density at radius 1 is 1.59 bits per heavy atom. The Morgan fingerprint density at radius 3 is 2.76 bits per heavy atom. The fraction of sp³-hybridized carbons (Fsp3) is 0.500. The second-order valence-corrected chi connectivity index (χ2v) is 4.66. The zero-order valence-electron chi connectivity index (χ0n) is 9.61. The summed E-state index contributed by atoms with van der Waals surface area (Å²) >= 11 is 5.70. The maximum Gasteiger partial charge on any atom is 0.276 e. The van der Waals surface area contributed by atoms with Crippen molar-refractivity contribution in [3.05, 3.63) is 27.4 Å². The van der Waals surface area contributed by atoms with Crippen LogP contribution in [0.3, 0.4) is 0 Å². The van der Waals surface area contributed by atoms with Crippen LogP contribution in [-0.4, -0.2) is 27.2 Å². The van der Waals surface area contributed by atoms with Gasteiger partial charge in [0.15, 0.2) is 0 Å². The molecular formula is C10H14ClN3O3. The Kier molecular flexibility index (Phi) is 4.25. The van der Waals surface area contributed by atoms with Crippen molar-refractivity contribution >= 4 is 23.1 Å². The van der Waals surface area contributed by atoms with Crippen LogP contribution in [0.25, 0.3) is 0 Å². The molecule has 0 atom stereocenters. The first-order valence-corrected chi connectivity index (χ1v) is 5.43. The summed E-state index contributed by atoms with van der Waals surface area (Å²) in [6, 6.07) is 2.50. The Hall–Kier alpha value is -1.40. The normalized spacial score (nSPS) is 11.3. The molecule has 1 rings (SSSR count). The van der Waals surface area contributed by atoms with Crippen molar-refractivity contribution in [2.24, 2.45) is 0 Å². The Morgan fingerprint density at radius 2 is 2.24 bits per heavy atom. The second kappa shape index (κ2) is 5.29. The minimum atomic E-state index is -0.530. The molecule has 2 N–H and O–H groups in total. The average molecular weight is 260 g/mol. The number of nitro groups is 1. The van der Waals surface area contributed by atoms with Gasteiger partial charge in [-0.1, -0.05) is 11.6 Å². The van der Waals surface area contributed by atoms with Crippen molar-refractivity contribution in [1.29, 1.82) is 0 Å². The van der Waals surface area contributed by atoms with E-state index in [0.717, 1.165) is 0 Å². The molecule has 1 heterocycles. The summed E-state index contributed by atoms with van der Waals surface area (Å²) in [5, 5.41) is 22.6. The molecule has 0 unspecified atom stereocenters. The molecule has 6 nitrogen and oxygen atoms in total. The fourth-order valence-corrected chi connectivity index (χ4v) is 1.54. The molecule has 0 aromatic carbocycles. The van der Waals surface area contributed by atoms with Crippen LogP contribution in [0.1, 0.15) is 20.3 Å². The number of nitrogens with zero attached hydrogens (tertiary/aromatic N) is 2. The smallest absolute Gasteiger partial charge is 0.276 e. The van der Waals surface area contributed by atoms with Crippen LogP contribution < -0.4 is 5.32 Å². The summed E-state index contributed by atoms with van der Waals surface area (Å²) in [6.45, 7) is 3.73. The van der Waals surface area contributed by atoms with Crippen LogP contribution in [0, 0.1) is 10.1 Å². The highest BCUT2D eigenvalue weighted by Gasteiger charge is 2.19. The molecule has 1 aromatic heterocycles. The van der Waals surface area contributed by atoms with Gasteiger partial charge in [0, 0.05) is 12.1 Å². The Balaban J connectivity index is 2.95. The van der Waals surface area contributed by atoms with Crippen LogP contribution in [0.4, 0.5) is 11.5 Å². The van der Waals surface area contributed by atoms with E-state index < -0.39 is 10.5 Å². The number of aromatic nitrogens is 1. The number of rotatable bonds is 5. The molecule has 7 heteroatoms. The topological polar surface area (TPSA) is 88.3 Å². The predicted molar refractivity (Wildman–Crippen MR) is 65.3 cm³/mol. The van der Waals surface area contributed by atoms with E-state index in [4.69, 9.17) is 16.7 Å². The molecule has 0 saturated carbocycles. The first-order chi connectivity index (χ1) is 7.84. The first kappa shape index (κ1) is 13.7. The zero-order valence-corrected chi connectivity index (χ0v) is 10.4. The van der Waals surface area contributed by atoms with Gasteiger partial charge in [0.2, 0.25) is 0 Å². The van der Waals surface area contributed by atoms with E-state index in [-0.39, 0.29) is 17.4 Å². The van der Waals surface area contributed by atoms with E-state index in [2.05, 4.69) is 10.3 Å². The van der Waals surface area contributed by atoms with Crippen LogP contribution >= 0.6 is 11.6 Å². The van der Waals surface area contributed by atoms with Crippen LogP contribution in [0.2, 0.25) is 5.15 Å². The number of halogens is 1. The Bertz CT molecular complexity index is 423. The van der Waals surface area contributed by atoms with E-state index in [0.29, 0.717) is 12.2 Å². The van der Waals surface area contributed by atoms with Crippen molar-refractivity contribution in [2.75, 3.05) is 11.9 Å². The van der Waals surface area contributed by atoms with Gasteiger partial charge in [-0.05, 0) is 20.3 Å². The molecule has 0 fully saturated rings. The summed E-state index contributed by atoms with van der Waals surface area (Å²) < 4.78 is 0. The van der Waals surface area contributed by atoms with Crippen molar-refractivity contribution in [3.8, 4) is 0 Å². The third-order valence-corrected chi connectivity index (χ3v) is 2.39. The van der Waals surface area contributed by atoms with Crippen molar-refractivity contribution in [3.63, 3.8) is 0 Å². The van der Waals surface area contributed by atoms with Crippen molar-refractivity contribution in [1.82, 2.24) is 4.98 Å². The van der Waals surface area contributed by atoms with Crippen LogP contribution in [0.15, 0.2) is 12.1 Å². The molecule has 0 amide bonds. The van der Waals surface area contributed by atoms with Gasteiger partial charge in [0.05, 0.1) is 17.1 Å². The van der Waals surface area contributed by atoms with Gasteiger partial charge in [-0.3, -0.25) is 10.1 Å². The summed E-state index contributed by atoms with van der Waals surface area (Å²) in [5.41, 5.74) is -0.535. The van der Waals surface area contributed by atoms with Gasteiger partial charge in [-0.2, -0.15) is 0 Å². The second-order valence-electron chi connectivity index (χ2n) is 4.27. The van der Waals surface area contributed by atoms with E-state index in [1.807, 2.05) is 13.8 Å². The number of hydrogen-bond acceptors (Lipinski definition) is 5. The molecule has 0 aliphatic heterocycles. The predicted octanol–water partition coefficient (Wildman–Crippen LogP) is 2.22. The van der Waals surface area contributed by atoms with E-state index in [1.54, 1.807) is 0 Å². The number of anilines is 1. The molecule has 0 spiro atoms. The largest absolute Gasteiger partial charge is 0.396 e. The van der Waals surface area contributed by atoms with Gasteiger partial charge in [0.1, 0.15) is 11.0 Å². The molecule has 17 heavy (non-hydrogen) atoms. The summed E-state index contributed by atoms with van der Waals surface area (Å²) in [6.07, 6.45) is 0.495. The molecule has 94 valence electrons. The standard InChI is InChI=1S/C10H14ClN3O3/c1-10(2,3-4-15)13-9-6-7(14(16)17)5-8(11)12-9/h5-6,15H,3-4H2,1-2H3,(H,12,13). The number of pyridine rings is 1. The van der Waals surface area contributed by atoms with Crippen LogP contribution in [0.5, 0.6) is 0 Å². The average Bonchev–Trinajstić information content (AvgIpc) is 2.15. The number of aliphatic hydroxyl groups excluding tert-OH is 1. The van der Waals surface area contributed by atoms with E-state index in [9.17, 15) is 10.1 Å². The van der Waals surface area contributed by atoms with Gasteiger partial charge in [-0.25, -0.2) is 4.98 Å². The summed E-state index contributed by atoms with van der Waals surface area (Å²) in [7, 11) is 0. The lowest BCUT2D eigenvalue weighted by Gasteiger charge is -2.25. The monoisotopic (exact) mass is 259 g/mol. The van der Waals surface area contributed by atoms with E-state index >= 15 is 0 Å². The summed E-state index contributed by atoms with van der Waals surface area (Å²) in [5.74, 6) is 0.322. The first-order valence-electron chi connectivity index (χ1n) is 5.05. The van der Waals surface area contributed by atoms with Gasteiger partial charge < -0.3 is 10.4 Å². The highest BCUT2D eigenvalue weighted by Crippen LogP contribution is 2.23. The van der Waals surface area contributed by atoms with Gasteiger partial charge in [0.25, 0.3) is 5.69 Å². The highest BCUT2D eigenvalue weighted by atomic mass is 35.5. The van der Waals surface area contributed by atoms with Crippen molar-refractivity contribution in [2.45, 2.75) is 25.8 Å². The Labute approximate surface area is 104 Å². The zero-order chi connectivity index (χ0) is 13.1. The maximum absolute atomic E-state index is 10.6. The lowest BCUT2D eigenvalue weighted by molar-refractivity contribution is -0.384. The molecular weight excluding hydrogens is 246 g/mol. The fourth-order valence-electron chi connectivity index (χ4n) is 1.34. The molecule has 0 radical (unpaired) electrons. The highest BCUT2D eigenvalue weighted by molar-refractivity contribution is 6.29. The minimum absolute atomic E-state index is 0.0165.